The molecule has 0 fully saturated rings. The molecule has 0 atom stereocenters. The summed E-state index contributed by atoms with van der Waals surface area (Å²) in [5.41, 5.74) is 2.72. The molecule has 1 aromatic carbocycles. The summed E-state index contributed by atoms with van der Waals surface area (Å²) in [7, 11) is -2.03. The average molecular weight is 325 g/mol. The first-order valence-electron chi connectivity index (χ1n) is 6.56. The highest BCUT2D eigenvalue weighted by Gasteiger charge is 2.27. The zero-order valence-corrected chi connectivity index (χ0v) is 14.0. The maximum absolute atomic E-state index is 12.7. The van der Waals surface area contributed by atoms with Gasteiger partial charge in [-0.1, -0.05) is 29.8 Å². The van der Waals surface area contributed by atoms with Crippen LogP contribution in [0.25, 0.3) is 0 Å². The molecule has 0 aliphatic heterocycles. The minimum atomic E-state index is -3.60. The molecule has 1 N–H and O–H groups in total. The zero-order chi connectivity index (χ0) is 15.6. The molecule has 21 heavy (non-hydrogen) atoms. The number of rotatable bonds is 5. The van der Waals surface area contributed by atoms with Crippen molar-refractivity contribution in [2.75, 3.05) is 7.05 Å². The fourth-order valence-electron chi connectivity index (χ4n) is 2.25. The number of hydrogen-bond acceptors (Lipinski definition) is 4. The molecule has 2 aromatic rings. The Morgan fingerprint density at radius 2 is 2.00 bits per heavy atom. The van der Waals surface area contributed by atoms with Gasteiger partial charge in [0.2, 0.25) is 10.0 Å². The minimum absolute atomic E-state index is 0.241. The van der Waals surface area contributed by atoms with E-state index in [2.05, 4.69) is 0 Å². The van der Waals surface area contributed by atoms with Crippen LogP contribution in [-0.4, -0.2) is 24.9 Å². The molecular formula is C15H19NO3S2. The predicted molar refractivity (Wildman–Crippen MR) is 84.8 cm³/mol. The zero-order valence-electron chi connectivity index (χ0n) is 12.3. The molecule has 0 bridgehead atoms. The second-order valence-electron chi connectivity index (χ2n) is 5.08. The fourth-order valence-corrected chi connectivity index (χ4v) is 5.01. The van der Waals surface area contributed by atoms with E-state index in [4.69, 9.17) is 0 Å². The third-order valence-electron chi connectivity index (χ3n) is 3.29. The van der Waals surface area contributed by atoms with E-state index in [0.29, 0.717) is 17.0 Å². The number of hydrogen-bond donors (Lipinski definition) is 1. The Bertz CT molecular complexity index is 735. The van der Waals surface area contributed by atoms with Gasteiger partial charge in [0.15, 0.2) is 0 Å². The van der Waals surface area contributed by atoms with Gasteiger partial charge in [0.05, 0.1) is 11.5 Å². The van der Waals surface area contributed by atoms with Crippen molar-refractivity contribution < 1.29 is 13.5 Å². The Labute approximate surface area is 129 Å². The topological polar surface area (TPSA) is 57.6 Å². The Balaban J connectivity index is 2.33. The second kappa shape index (κ2) is 6.27. The molecule has 2 rings (SSSR count). The van der Waals surface area contributed by atoms with Gasteiger partial charge in [0.25, 0.3) is 0 Å². The van der Waals surface area contributed by atoms with Gasteiger partial charge in [-0.25, -0.2) is 8.42 Å². The summed E-state index contributed by atoms with van der Waals surface area (Å²) in [6, 6.07) is 7.77. The van der Waals surface area contributed by atoms with Gasteiger partial charge >= 0.3 is 0 Å². The van der Waals surface area contributed by atoms with Crippen LogP contribution in [-0.2, 0) is 23.2 Å². The van der Waals surface area contributed by atoms with E-state index >= 15 is 0 Å². The maximum atomic E-state index is 12.7. The number of benzene rings is 1. The Kier molecular flexibility index (Phi) is 4.83. The van der Waals surface area contributed by atoms with Crippen LogP contribution in [0.15, 0.2) is 34.5 Å². The van der Waals surface area contributed by atoms with Crippen LogP contribution in [0.3, 0.4) is 0 Å². The Morgan fingerprint density at radius 1 is 1.29 bits per heavy atom. The van der Waals surface area contributed by atoms with Crippen LogP contribution >= 0.6 is 11.3 Å². The summed E-state index contributed by atoms with van der Waals surface area (Å²) < 4.78 is 26.7. The molecule has 6 heteroatoms. The molecule has 1 aromatic heterocycles. The standard InChI is InChI=1S/C15H19NO3S2/c1-11-5-4-6-13(7-11)8-16(3)21(18,19)15-12(2)10-20-14(15)9-17/h4-7,10,17H,8-9H2,1-3H3. The van der Waals surface area contributed by atoms with E-state index in [-0.39, 0.29) is 11.5 Å². The van der Waals surface area contributed by atoms with Crippen LogP contribution < -0.4 is 0 Å². The van der Waals surface area contributed by atoms with Crippen molar-refractivity contribution in [1.82, 2.24) is 4.31 Å². The van der Waals surface area contributed by atoms with E-state index in [1.807, 2.05) is 31.2 Å². The number of thiophene rings is 1. The van der Waals surface area contributed by atoms with Crippen LogP contribution in [0, 0.1) is 13.8 Å². The minimum Gasteiger partial charge on any atom is -0.391 e. The van der Waals surface area contributed by atoms with Gasteiger partial charge < -0.3 is 5.11 Å². The summed E-state index contributed by atoms with van der Waals surface area (Å²) in [5, 5.41) is 11.1. The van der Waals surface area contributed by atoms with Gasteiger partial charge in [0.1, 0.15) is 4.90 Å². The molecule has 0 spiro atoms. The molecule has 4 nitrogen and oxygen atoms in total. The first-order chi connectivity index (χ1) is 9.86. The lowest BCUT2D eigenvalue weighted by atomic mass is 10.1. The highest BCUT2D eigenvalue weighted by atomic mass is 32.2. The highest BCUT2D eigenvalue weighted by Crippen LogP contribution is 2.29. The first-order valence-corrected chi connectivity index (χ1v) is 8.88. The van der Waals surface area contributed by atoms with Crippen molar-refractivity contribution in [2.45, 2.75) is 31.9 Å². The van der Waals surface area contributed by atoms with Crippen LogP contribution in [0.5, 0.6) is 0 Å². The Morgan fingerprint density at radius 3 is 2.62 bits per heavy atom. The summed E-state index contributed by atoms with van der Waals surface area (Å²) in [6.45, 7) is 3.78. The third-order valence-corrected chi connectivity index (χ3v) is 6.54. The molecule has 1 heterocycles. The number of nitrogens with zero attached hydrogens (tertiary/aromatic N) is 1. The smallest absolute Gasteiger partial charge is 0.244 e. The highest BCUT2D eigenvalue weighted by molar-refractivity contribution is 7.89. The van der Waals surface area contributed by atoms with Crippen molar-refractivity contribution >= 4 is 21.4 Å². The molecule has 114 valence electrons. The number of aliphatic hydroxyl groups excluding tert-OH is 1. The SMILES string of the molecule is Cc1cccc(CN(C)S(=O)(=O)c2c(C)csc2CO)c1. The fraction of sp³-hybridized carbons (Fsp3) is 0.333. The van der Waals surface area contributed by atoms with Gasteiger partial charge in [-0.05, 0) is 30.4 Å². The molecule has 0 radical (unpaired) electrons. The van der Waals surface area contributed by atoms with Crippen molar-refractivity contribution in [1.29, 1.82) is 0 Å². The average Bonchev–Trinajstić information content (AvgIpc) is 2.80. The van der Waals surface area contributed by atoms with Crippen LogP contribution in [0.1, 0.15) is 21.6 Å². The summed E-state index contributed by atoms with van der Waals surface area (Å²) in [4.78, 5) is 0.730. The lowest BCUT2D eigenvalue weighted by molar-refractivity contribution is 0.282. The Hall–Kier alpha value is -1.21. The van der Waals surface area contributed by atoms with Crippen molar-refractivity contribution in [3.63, 3.8) is 0 Å². The molecule has 0 saturated heterocycles. The lowest BCUT2D eigenvalue weighted by Crippen LogP contribution is -2.27. The van der Waals surface area contributed by atoms with Gasteiger partial charge in [-0.2, -0.15) is 4.31 Å². The largest absolute Gasteiger partial charge is 0.391 e. The molecule has 0 unspecified atom stereocenters. The first kappa shape index (κ1) is 16.2. The van der Waals surface area contributed by atoms with Gasteiger partial charge in [0, 0.05) is 13.6 Å². The van der Waals surface area contributed by atoms with E-state index < -0.39 is 10.0 Å². The quantitative estimate of drug-likeness (QED) is 0.919. The summed E-state index contributed by atoms with van der Waals surface area (Å²) in [5.74, 6) is 0. The van der Waals surface area contributed by atoms with E-state index in [1.165, 1.54) is 15.6 Å². The van der Waals surface area contributed by atoms with E-state index in [1.54, 1.807) is 19.4 Å². The number of aryl methyl sites for hydroxylation is 2. The van der Waals surface area contributed by atoms with Gasteiger partial charge in [-0.15, -0.1) is 11.3 Å². The monoisotopic (exact) mass is 325 g/mol. The van der Waals surface area contributed by atoms with E-state index in [0.717, 1.165) is 11.1 Å². The maximum Gasteiger partial charge on any atom is 0.244 e. The van der Waals surface area contributed by atoms with Crippen molar-refractivity contribution in [3.8, 4) is 0 Å². The molecule has 0 saturated carbocycles. The molecular weight excluding hydrogens is 306 g/mol. The van der Waals surface area contributed by atoms with Crippen LogP contribution in [0.2, 0.25) is 0 Å². The normalized spacial score (nSPS) is 12.0. The third kappa shape index (κ3) is 3.35. The van der Waals surface area contributed by atoms with Crippen molar-refractivity contribution in [3.05, 3.63) is 51.2 Å². The van der Waals surface area contributed by atoms with Crippen molar-refractivity contribution in [2.24, 2.45) is 0 Å². The number of sulfonamides is 1. The summed E-state index contributed by atoms with van der Waals surface area (Å²) in [6.07, 6.45) is 0. The van der Waals surface area contributed by atoms with Gasteiger partial charge in [-0.3, -0.25) is 0 Å². The number of aliphatic hydroxyl groups is 1. The molecule has 0 aliphatic rings. The molecule has 0 amide bonds. The lowest BCUT2D eigenvalue weighted by Gasteiger charge is -2.18. The second-order valence-corrected chi connectivity index (χ2v) is 8.03. The predicted octanol–water partition coefficient (Wildman–Crippen LogP) is 2.68. The van der Waals surface area contributed by atoms with Crippen LogP contribution in [0.4, 0.5) is 0 Å². The molecule has 0 aliphatic carbocycles. The van der Waals surface area contributed by atoms with E-state index in [9.17, 15) is 13.5 Å². The summed E-state index contributed by atoms with van der Waals surface area (Å²) >= 11 is 1.27.